The van der Waals surface area contributed by atoms with Gasteiger partial charge in [0, 0.05) is 50.3 Å². The van der Waals surface area contributed by atoms with Gasteiger partial charge in [-0.3, -0.25) is 4.90 Å². The molecule has 0 unspecified atom stereocenters. The number of hydrogen-bond donors (Lipinski definition) is 0. The molecule has 2 fully saturated rings. The van der Waals surface area contributed by atoms with E-state index in [0.717, 1.165) is 59.1 Å². The van der Waals surface area contributed by atoms with Crippen LogP contribution in [-0.4, -0.2) is 74.4 Å². The topological polar surface area (TPSA) is 37.8 Å². The van der Waals surface area contributed by atoms with Gasteiger partial charge in [0.05, 0.1) is 26.4 Å². The van der Waals surface area contributed by atoms with Crippen molar-refractivity contribution in [1.82, 2.24) is 14.8 Å². The minimum atomic E-state index is 0.293. The minimum Gasteiger partial charge on any atom is -0.383 e. The Kier molecular flexibility index (Phi) is 5.24. The number of aromatic nitrogens is 1. The van der Waals surface area contributed by atoms with Gasteiger partial charge in [0.1, 0.15) is 5.01 Å². The Bertz CT molecular complexity index is 429. The maximum Gasteiger partial charge on any atom is 0.107 e. The largest absolute Gasteiger partial charge is 0.383 e. The van der Waals surface area contributed by atoms with Crippen LogP contribution in [0, 0.1) is 5.41 Å². The summed E-state index contributed by atoms with van der Waals surface area (Å²) in [7, 11) is 1.77. The Morgan fingerprint density at radius 1 is 1.38 bits per heavy atom. The number of rotatable bonds is 5. The average Bonchev–Trinajstić information content (AvgIpc) is 3.07. The molecule has 21 heavy (non-hydrogen) atoms. The summed E-state index contributed by atoms with van der Waals surface area (Å²) < 4.78 is 11.1. The Hall–Kier alpha value is -0.530. The van der Waals surface area contributed by atoms with Crippen LogP contribution >= 0.6 is 11.3 Å². The van der Waals surface area contributed by atoms with Gasteiger partial charge in [0.15, 0.2) is 0 Å². The standard InChI is InChI=1S/C15H25N3O2S/c1-19-7-5-17-4-2-15(11-17)12-18(6-8-20-13-15)10-14-16-3-9-21-14/h3,9H,2,4-8,10-13H2,1H3/t15-/m1/s1. The lowest BCUT2D eigenvalue weighted by atomic mass is 9.87. The zero-order valence-corrected chi connectivity index (χ0v) is 13.6. The van der Waals surface area contributed by atoms with Crippen LogP contribution in [0.2, 0.25) is 0 Å². The molecule has 0 aliphatic carbocycles. The molecule has 3 heterocycles. The third-order valence-electron chi connectivity index (χ3n) is 4.49. The SMILES string of the molecule is COCCN1CC[C@@]2(COCCN(Cc3nccs3)C2)C1. The van der Waals surface area contributed by atoms with Gasteiger partial charge in [-0.05, 0) is 13.0 Å². The van der Waals surface area contributed by atoms with Crippen LogP contribution in [0.25, 0.3) is 0 Å². The van der Waals surface area contributed by atoms with Crippen LogP contribution in [0.1, 0.15) is 11.4 Å². The molecule has 3 rings (SSSR count). The summed E-state index contributed by atoms with van der Waals surface area (Å²) in [6.07, 6.45) is 3.12. The number of methoxy groups -OCH3 is 1. The molecule has 0 aromatic carbocycles. The van der Waals surface area contributed by atoms with Crippen molar-refractivity contribution in [2.75, 3.05) is 59.7 Å². The number of ether oxygens (including phenoxy) is 2. The van der Waals surface area contributed by atoms with E-state index in [1.165, 1.54) is 11.4 Å². The van der Waals surface area contributed by atoms with Crippen molar-refractivity contribution in [2.45, 2.75) is 13.0 Å². The van der Waals surface area contributed by atoms with E-state index in [2.05, 4.69) is 20.2 Å². The summed E-state index contributed by atoms with van der Waals surface area (Å²) in [5.41, 5.74) is 0.293. The highest BCUT2D eigenvalue weighted by Gasteiger charge is 2.40. The van der Waals surface area contributed by atoms with E-state index in [-0.39, 0.29) is 0 Å². The van der Waals surface area contributed by atoms with Crippen LogP contribution in [0.15, 0.2) is 11.6 Å². The van der Waals surface area contributed by atoms with E-state index in [1.54, 1.807) is 18.4 Å². The number of thiazole rings is 1. The third kappa shape index (κ3) is 4.02. The van der Waals surface area contributed by atoms with Crippen molar-refractivity contribution >= 4 is 11.3 Å². The van der Waals surface area contributed by atoms with E-state index in [4.69, 9.17) is 9.47 Å². The van der Waals surface area contributed by atoms with Crippen molar-refractivity contribution in [3.8, 4) is 0 Å². The monoisotopic (exact) mass is 311 g/mol. The maximum atomic E-state index is 5.92. The molecule has 1 aromatic heterocycles. The van der Waals surface area contributed by atoms with Gasteiger partial charge >= 0.3 is 0 Å². The predicted octanol–water partition coefficient (Wildman–Crippen LogP) is 1.31. The zero-order valence-electron chi connectivity index (χ0n) is 12.8. The van der Waals surface area contributed by atoms with Gasteiger partial charge in [-0.25, -0.2) is 4.98 Å². The van der Waals surface area contributed by atoms with Gasteiger partial charge in [0.2, 0.25) is 0 Å². The van der Waals surface area contributed by atoms with Gasteiger partial charge in [-0.1, -0.05) is 0 Å². The molecule has 0 amide bonds. The summed E-state index contributed by atoms with van der Waals surface area (Å²) in [5.74, 6) is 0. The molecule has 1 spiro atoms. The Morgan fingerprint density at radius 3 is 3.10 bits per heavy atom. The fourth-order valence-electron chi connectivity index (χ4n) is 3.42. The Labute approximate surface area is 130 Å². The molecule has 2 saturated heterocycles. The molecular formula is C15H25N3O2S. The van der Waals surface area contributed by atoms with E-state index in [0.29, 0.717) is 5.41 Å². The molecule has 0 saturated carbocycles. The van der Waals surface area contributed by atoms with E-state index < -0.39 is 0 Å². The first-order chi connectivity index (χ1) is 10.3. The number of likely N-dealkylation sites (tertiary alicyclic amines) is 1. The van der Waals surface area contributed by atoms with Crippen LogP contribution in [-0.2, 0) is 16.0 Å². The lowest BCUT2D eigenvalue weighted by Crippen LogP contribution is -2.40. The predicted molar refractivity (Wildman–Crippen MR) is 83.6 cm³/mol. The maximum absolute atomic E-state index is 5.92. The van der Waals surface area contributed by atoms with Gasteiger partial charge < -0.3 is 14.4 Å². The Balaban J connectivity index is 1.59. The van der Waals surface area contributed by atoms with Crippen molar-refractivity contribution in [2.24, 2.45) is 5.41 Å². The third-order valence-corrected chi connectivity index (χ3v) is 5.25. The second-order valence-electron chi connectivity index (χ2n) is 6.21. The number of nitrogens with zero attached hydrogens (tertiary/aromatic N) is 3. The van der Waals surface area contributed by atoms with Crippen LogP contribution in [0.5, 0.6) is 0 Å². The highest BCUT2D eigenvalue weighted by atomic mass is 32.1. The molecule has 1 aromatic rings. The van der Waals surface area contributed by atoms with Gasteiger partial charge in [-0.2, -0.15) is 0 Å². The van der Waals surface area contributed by atoms with E-state index in [9.17, 15) is 0 Å². The van der Waals surface area contributed by atoms with Gasteiger partial charge in [0.25, 0.3) is 0 Å². The lowest BCUT2D eigenvalue weighted by Gasteiger charge is -2.31. The fraction of sp³-hybridized carbons (Fsp3) is 0.800. The van der Waals surface area contributed by atoms with Crippen molar-refractivity contribution in [3.05, 3.63) is 16.6 Å². The first-order valence-corrected chi connectivity index (χ1v) is 8.57. The first kappa shape index (κ1) is 15.4. The molecule has 118 valence electrons. The molecule has 1 atom stereocenters. The molecule has 2 aliphatic heterocycles. The average molecular weight is 311 g/mol. The van der Waals surface area contributed by atoms with Crippen molar-refractivity contribution < 1.29 is 9.47 Å². The van der Waals surface area contributed by atoms with E-state index in [1.807, 2.05) is 6.20 Å². The highest BCUT2D eigenvalue weighted by molar-refractivity contribution is 7.09. The zero-order chi connectivity index (χ0) is 14.5. The second-order valence-corrected chi connectivity index (χ2v) is 7.19. The molecular weight excluding hydrogens is 286 g/mol. The molecule has 5 nitrogen and oxygen atoms in total. The minimum absolute atomic E-state index is 0.293. The van der Waals surface area contributed by atoms with E-state index >= 15 is 0 Å². The molecule has 0 N–H and O–H groups in total. The van der Waals surface area contributed by atoms with Crippen molar-refractivity contribution in [1.29, 1.82) is 0 Å². The molecule has 2 aliphatic rings. The lowest BCUT2D eigenvalue weighted by molar-refractivity contribution is 0.0682. The highest BCUT2D eigenvalue weighted by Crippen LogP contribution is 2.33. The van der Waals surface area contributed by atoms with Crippen molar-refractivity contribution in [3.63, 3.8) is 0 Å². The normalized spacial score (nSPS) is 28.2. The van der Waals surface area contributed by atoms with Crippen LogP contribution in [0.4, 0.5) is 0 Å². The quantitative estimate of drug-likeness (QED) is 0.820. The summed E-state index contributed by atoms with van der Waals surface area (Å²) in [5, 5.41) is 3.27. The molecule has 0 radical (unpaired) electrons. The summed E-state index contributed by atoms with van der Waals surface area (Å²) in [6, 6.07) is 0. The first-order valence-electron chi connectivity index (χ1n) is 7.69. The van der Waals surface area contributed by atoms with Crippen LogP contribution < -0.4 is 0 Å². The van der Waals surface area contributed by atoms with Gasteiger partial charge in [-0.15, -0.1) is 11.3 Å². The smallest absolute Gasteiger partial charge is 0.107 e. The Morgan fingerprint density at radius 2 is 2.29 bits per heavy atom. The summed E-state index contributed by atoms with van der Waals surface area (Å²) in [4.78, 5) is 9.45. The molecule has 6 heteroatoms. The number of hydrogen-bond acceptors (Lipinski definition) is 6. The second kappa shape index (κ2) is 7.15. The molecule has 0 bridgehead atoms. The summed E-state index contributed by atoms with van der Waals surface area (Å²) in [6.45, 7) is 8.97. The van der Waals surface area contributed by atoms with Crippen LogP contribution in [0.3, 0.4) is 0 Å². The fourth-order valence-corrected chi connectivity index (χ4v) is 4.08. The summed E-state index contributed by atoms with van der Waals surface area (Å²) >= 11 is 1.75.